The Morgan fingerprint density at radius 1 is 1.00 bits per heavy atom. The molecule has 0 aromatic carbocycles. The first kappa shape index (κ1) is 20.1. The number of hydrogen-bond donors (Lipinski definition) is 0. The lowest BCUT2D eigenvalue weighted by Crippen LogP contribution is -2.30. The van der Waals surface area contributed by atoms with E-state index in [1.807, 2.05) is 13.0 Å². The SMILES string of the molecule is CCCOC(C)(C=CC=C(C)CCC=C(C)C)OCCC. The van der Waals surface area contributed by atoms with Crippen LogP contribution in [0.15, 0.2) is 35.5 Å². The fourth-order valence-electron chi connectivity index (χ4n) is 1.81. The van der Waals surface area contributed by atoms with Crippen molar-refractivity contribution in [3.63, 3.8) is 0 Å². The molecule has 0 saturated carbocycles. The molecule has 0 saturated heterocycles. The van der Waals surface area contributed by atoms with Crippen molar-refractivity contribution in [1.82, 2.24) is 0 Å². The standard InChI is InChI=1S/C19H34O2/c1-7-15-20-19(6,21-16-8-2)14-10-13-18(5)12-9-11-17(3)4/h10-11,13-14H,7-9,12,15-16H2,1-6H3. The molecule has 0 rings (SSSR count). The van der Waals surface area contributed by atoms with Gasteiger partial charge < -0.3 is 9.47 Å². The third-order valence-electron chi connectivity index (χ3n) is 3.06. The lowest BCUT2D eigenvalue weighted by atomic mass is 10.1. The Hall–Kier alpha value is -0.860. The van der Waals surface area contributed by atoms with E-state index in [9.17, 15) is 0 Å². The van der Waals surface area contributed by atoms with Gasteiger partial charge in [0.15, 0.2) is 5.79 Å². The molecule has 0 unspecified atom stereocenters. The summed E-state index contributed by atoms with van der Waals surface area (Å²) in [4.78, 5) is 0. The van der Waals surface area contributed by atoms with E-state index in [0.29, 0.717) is 13.2 Å². The highest BCUT2D eigenvalue weighted by Crippen LogP contribution is 2.16. The van der Waals surface area contributed by atoms with Crippen molar-refractivity contribution in [1.29, 1.82) is 0 Å². The number of allylic oxidation sites excluding steroid dienone is 5. The van der Waals surface area contributed by atoms with Crippen molar-refractivity contribution in [2.45, 2.75) is 73.0 Å². The fraction of sp³-hybridized carbons (Fsp3) is 0.684. The minimum Gasteiger partial charge on any atom is -0.347 e. The van der Waals surface area contributed by atoms with E-state index in [4.69, 9.17) is 9.47 Å². The van der Waals surface area contributed by atoms with Crippen LogP contribution in [-0.2, 0) is 9.47 Å². The second kappa shape index (κ2) is 11.8. The first-order valence-corrected chi connectivity index (χ1v) is 8.19. The molecular formula is C19H34O2. The van der Waals surface area contributed by atoms with Gasteiger partial charge in [0, 0.05) is 0 Å². The summed E-state index contributed by atoms with van der Waals surface area (Å²) >= 11 is 0. The first-order chi connectivity index (χ1) is 9.93. The molecule has 0 aliphatic rings. The van der Waals surface area contributed by atoms with Crippen molar-refractivity contribution in [2.75, 3.05) is 13.2 Å². The second-order valence-corrected chi connectivity index (χ2v) is 5.91. The molecule has 0 aliphatic carbocycles. The Balaban J connectivity index is 4.49. The summed E-state index contributed by atoms with van der Waals surface area (Å²) in [6.45, 7) is 14.1. The first-order valence-electron chi connectivity index (χ1n) is 8.19. The van der Waals surface area contributed by atoms with Crippen LogP contribution in [0.4, 0.5) is 0 Å². The van der Waals surface area contributed by atoms with Gasteiger partial charge in [-0.25, -0.2) is 0 Å². The molecule has 0 atom stereocenters. The molecule has 0 bridgehead atoms. The van der Waals surface area contributed by atoms with Gasteiger partial charge in [-0.05, 0) is 59.5 Å². The largest absolute Gasteiger partial charge is 0.347 e. The van der Waals surface area contributed by atoms with Gasteiger partial charge in [0.25, 0.3) is 0 Å². The van der Waals surface area contributed by atoms with Gasteiger partial charge in [0.05, 0.1) is 13.2 Å². The summed E-state index contributed by atoms with van der Waals surface area (Å²) in [5, 5.41) is 0. The van der Waals surface area contributed by atoms with E-state index in [-0.39, 0.29) is 0 Å². The maximum atomic E-state index is 5.83. The lowest BCUT2D eigenvalue weighted by molar-refractivity contribution is -0.192. The Morgan fingerprint density at radius 3 is 2.05 bits per heavy atom. The molecule has 0 aromatic rings. The third-order valence-corrected chi connectivity index (χ3v) is 3.06. The zero-order chi connectivity index (χ0) is 16.1. The van der Waals surface area contributed by atoms with E-state index in [1.165, 1.54) is 11.1 Å². The summed E-state index contributed by atoms with van der Waals surface area (Å²) in [6.07, 6.45) is 12.7. The average molecular weight is 294 g/mol. The number of hydrogen-bond acceptors (Lipinski definition) is 2. The fourth-order valence-corrected chi connectivity index (χ4v) is 1.81. The third kappa shape index (κ3) is 11.5. The van der Waals surface area contributed by atoms with Crippen LogP contribution in [0.3, 0.4) is 0 Å². The maximum absolute atomic E-state index is 5.83. The zero-order valence-electron chi connectivity index (χ0n) is 14.9. The highest BCUT2D eigenvalue weighted by Gasteiger charge is 2.21. The highest BCUT2D eigenvalue weighted by atomic mass is 16.7. The van der Waals surface area contributed by atoms with Gasteiger partial charge >= 0.3 is 0 Å². The molecule has 0 heterocycles. The summed E-state index contributed by atoms with van der Waals surface area (Å²) in [5.41, 5.74) is 2.75. The summed E-state index contributed by atoms with van der Waals surface area (Å²) < 4.78 is 11.7. The van der Waals surface area contributed by atoms with Crippen LogP contribution in [-0.4, -0.2) is 19.0 Å². The van der Waals surface area contributed by atoms with Crippen molar-refractivity contribution in [2.24, 2.45) is 0 Å². The Morgan fingerprint density at radius 2 is 1.57 bits per heavy atom. The Kier molecular flexibility index (Phi) is 11.3. The molecule has 122 valence electrons. The quantitative estimate of drug-likeness (QED) is 0.272. The van der Waals surface area contributed by atoms with Gasteiger partial charge in [-0.15, -0.1) is 0 Å². The van der Waals surface area contributed by atoms with E-state index in [2.05, 4.69) is 52.8 Å². The molecule has 0 radical (unpaired) electrons. The Labute approximate surface area is 131 Å². The monoisotopic (exact) mass is 294 g/mol. The molecule has 0 amide bonds. The molecule has 0 fully saturated rings. The van der Waals surface area contributed by atoms with E-state index < -0.39 is 5.79 Å². The molecule has 0 aliphatic heterocycles. The molecular weight excluding hydrogens is 260 g/mol. The zero-order valence-corrected chi connectivity index (χ0v) is 14.9. The average Bonchev–Trinajstić information content (AvgIpc) is 2.43. The normalized spacial score (nSPS) is 13.0. The molecule has 0 aromatic heterocycles. The van der Waals surface area contributed by atoms with Crippen molar-refractivity contribution < 1.29 is 9.47 Å². The van der Waals surface area contributed by atoms with Gasteiger partial charge in [-0.2, -0.15) is 0 Å². The maximum Gasteiger partial charge on any atom is 0.185 e. The van der Waals surface area contributed by atoms with E-state index in [0.717, 1.165) is 25.7 Å². The van der Waals surface area contributed by atoms with Crippen LogP contribution in [0, 0.1) is 0 Å². The minimum absolute atomic E-state index is 0.608. The predicted molar refractivity (Wildman–Crippen MR) is 92.5 cm³/mol. The number of rotatable bonds is 11. The number of ether oxygens (including phenoxy) is 2. The van der Waals surface area contributed by atoms with E-state index in [1.54, 1.807) is 0 Å². The summed E-state index contributed by atoms with van der Waals surface area (Å²) in [7, 11) is 0. The van der Waals surface area contributed by atoms with Crippen LogP contribution in [0.5, 0.6) is 0 Å². The minimum atomic E-state index is -0.608. The van der Waals surface area contributed by atoms with Crippen LogP contribution in [0.2, 0.25) is 0 Å². The van der Waals surface area contributed by atoms with Gasteiger partial charge in [-0.1, -0.05) is 43.2 Å². The Bertz CT molecular complexity index is 339. The molecule has 0 N–H and O–H groups in total. The van der Waals surface area contributed by atoms with Crippen molar-refractivity contribution in [3.8, 4) is 0 Å². The van der Waals surface area contributed by atoms with Crippen LogP contribution < -0.4 is 0 Å². The van der Waals surface area contributed by atoms with Crippen LogP contribution in [0.1, 0.15) is 67.2 Å². The van der Waals surface area contributed by atoms with Crippen molar-refractivity contribution in [3.05, 3.63) is 35.5 Å². The van der Waals surface area contributed by atoms with Crippen molar-refractivity contribution >= 4 is 0 Å². The van der Waals surface area contributed by atoms with Crippen LogP contribution in [0.25, 0.3) is 0 Å². The molecule has 21 heavy (non-hydrogen) atoms. The summed E-state index contributed by atoms with van der Waals surface area (Å²) in [6, 6.07) is 0. The molecule has 0 spiro atoms. The topological polar surface area (TPSA) is 18.5 Å². The van der Waals surface area contributed by atoms with E-state index >= 15 is 0 Å². The van der Waals surface area contributed by atoms with Gasteiger partial charge in [0.2, 0.25) is 0 Å². The lowest BCUT2D eigenvalue weighted by Gasteiger charge is -2.26. The van der Waals surface area contributed by atoms with Gasteiger partial charge in [-0.3, -0.25) is 0 Å². The molecule has 2 heteroatoms. The highest BCUT2D eigenvalue weighted by molar-refractivity contribution is 5.13. The smallest absolute Gasteiger partial charge is 0.185 e. The second-order valence-electron chi connectivity index (χ2n) is 5.91. The van der Waals surface area contributed by atoms with Gasteiger partial charge in [0.1, 0.15) is 0 Å². The summed E-state index contributed by atoms with van der Waals surface area (Å²) in [5.74, 6) is -0.608. The van der Waals surface area contributed by atoms with Crippen LogP contribution >= 0.6 is 0 Å². The predicted octanol–water partition coefficient (Wildman–Crippen LogP) is 5.80. The molecule has 2 nitrogen and oxygen atoms in total.